The molecule has 0 spiro atoms. The average molecular weight is 580 g/mol. The molecule has 0 aliphatic rings. The van der Waals surface area contributed by atoms with E-state index in [9.17, 15) is 25.2 Å². The molecule has 0 saturated heterocycles. The van der Waals surface area contributed by atoms with Crippen molar-refractivity contribution in [2.24, 2.45) is 0 Å². The van der Waals surface area contributed by atoms with Crippen LogP contribution in [0.1, 0.15) is 149 Å². The lowest BCUT2D eigenvalue weighted by molar-refractivity contribution is -0.132. The van der Waals surface area contributed by atoms with Gasteiger partial charge in [-0.3, -0.25) is 4.79 Å². The van der Waals surface area contributed by atoms with Crippen LogP contribution in [0, 0.1) is 0 Å². The number of rotatable bonds is 29. The maximum atomic E-state index is 12.4. The first kappa shape index (κ1) is 39.5. The zero-order valence-electron chi connectivity index (χ0n) is 26.5. The lowest BCUT2D eigenvalue weighted by atomic mass is 10.00. The van der Waals surface area contributed by atoms with E-state index in [2.05, 4.69) is 55.6 Å². The summed E-state index contributed by atoms with van der Waals surface area (Å²) in [5.41, 5.74) is 0. The quantitative estimate of drug-likeness (QED) is 0.0467. The highest BCUT2D eigenvalue weighted by Gasteiger charge is 2.28. The van der Waals surface area contributed by atoms with Gasteiger partial charge in [-0.05, 0) is 57.8 Å². The molecule has 0 saturated carbocycles. The summed E-state index contributed by atoms with van der Waals surface area (Å²) < 4.78 is 0. The predicted molar refractivity (Wildman–Crippen MR) is 173 cm³/mol. The molecule has 1 amide bonds. The molecular formula is C35H65NO5. The second-order valence-electron chi connectivity index (χ2n) is 11.5. The Morgan fingerprint density at radius 3 is 1.51 bits per heavy atom. The van der Waals surface area contributed by atoms with Gasteiger partial charge in [0.15, 0.2) is 0 Å². The van der Waals surface area contributed by atoms with E-state index in [1.165, 1.54) is 64.2 Å². The Kier molecular flexibility index (Phi) is 28.9. The van der Waals surface area contributed by atoms with Gasteiger partial charge in [0.2, 0.25) is 5.91 Å². The average Bonchev–Trinajstić information content (AvgIpc) is 2.98. The van der Waals surface area contributed by atoms with E-state index in [-0.39, 0.29) is 0 Å². The highest BCUT2D eigenvalue weighted by atomic mass is 16.3. The van der Waals surface area contributed by atoms with Crippen molar-refractivity contribution in [1.29, 1.82) is 0 Å². The van der Waals surface area contributed by atoms with Gasteiger partial charge < -0.3 is 25.7 Å². The number of unbranched alkanes of at least 4 members (excludes halogenated alkanes) is 14. The van der Waals surface area contributed by atoms with E-state index >= 15 is 0 Å². The van der Waals surface area contributed by atoms with E-state index in [0.29, 0.717) is 19.3 Å². The summed E-state index contributed by atoms with van der Waals surface area (Å²) in [6.07, 6.45) is 31.6. The van der Waals surface area contributed by atoms with Gasteiger partial charge >= 0.3 is 0 Å². The highest BCUT2D eigenvalue weighted by molar-refractivity contribution is 5.80. The predicted octanol–water partition coefficient (Wildman–Crippen LogP) is 7.45. The summed E-state index contributed by atoms with van der Waals surface area (Å²) in [4.78, 5) is 12.4. The van der Waals surface area contributed by atoms with Crippen LogP contribution < -0.4 is 5.32 Å². The SMILES string of the molecule is CCCC/C=C/CC/C=C/CC/C=C/CCCC(O)C(O)C(CO)NC(=O)C(O)CCCCCCCCCCCC. The Labute approximate surface area is 252 Å². The zero-order chi connectivity index (χ0) is 30.4. The van der Waals surface area contributed by atoms with Crippen molar-refractivity contribution in [3.8, 4) is 0 Å². The second-order valence-corrected chi connectivity index (χ2v) is 11.5. The maximum absolute atomic E-state index is 12.4. The first-order chi connectivity index (χ1) is 20.0. The van der Waals surface area contributed by atoms with E-state index in [1.54, 1.807) is 0 Å². The molecule has 0 aliphatic heterocycles. The van der Waals surface area contributed by atoms with Gasteiger partial charge in [0.25, 0.3) is 0 Å². The third kappa shape index (κ3) is 24.8. The Hall–Kier alpha value is -1.47. The van der Waals surface area contributed by atoms with Crippen LogP contribution in [-0.4, -0.2) is 57.3 Å². The molecule has 6 heteroatoms. The molecule has 0 aromatic carbocycles. The summed E-state index contributed by atoms with van der Waals surface area (Å²) in [5, 5.41) is 43.2. The molecule has 0 aromatic heterocycles. The fraction of sp³-hybridized carbons (Fsp3) is 0.800. The fourth-order valence-electron chi connectivity index (χ4n) is 4.77. The van der Waals surface area contributed by atoms with Crippen LogP contribution >= 0.6 is 0 Å². The Morgan fingerprint density at radius 1 is 0.585 bits per heavy atom. The van der Waals surface area contributed by atoms with Gasteiger partial charge in [-0.2, -0.15) is 0 Å². The molecule has 0 aromatic rings. The van der Waals surface area contributed by atoms with E-state index in [1.807, 2.05) is 0 Å². The highest BCUT2D eigenvalue weighted by Crippen LogP contribution is 2.13. The van der Waals surface area contributed by atoms with Crippen molar-refractivity contribution >= 4 is 5.91 Å². The van der Waals surface area contributed by atoms with E-state index in [4.69, 9.17) is 0 Å². The summed E-state index contributed by atoms with van der Waals surface area (Å²) in [7, 11) is 0. The third-order valence-electron chi connectivity index (χ3n) is 7.56. The molecule has 0 aliphatic carbocycles. The summed E-state index contributed by atoms with van der Waals surface area (Å²) in [6, 6.07) is -1.01. The summed E-state index contributed by atoms with van der Waals surface area (Å²) in [6.45, 7) is 3.93. The molecule has 0 bridgehead atoms. The van der Waals surface area contributed by atoms with Gasteiger partial charge in [0.1, 0.15) is 12.2 Å². The molecule has 5 N–H and O–H groups in total. The van der Waals surface area contributed by atoms with Crippen molar-refractivity contribution < 1.29 is 25.2 Å². The van der Waals surface area contributed by atoms with Crippen LogP contribution in [0.25, 0.3) is 0 Å². The third-order valence-corrected chi connectivity index (χ3v) is 7.56. The van der Waals surface area contributed by atoms with Crippen LogP contribution in [0.2, 0.25) is 0 Å². The largest absolute Gasteiger partial charge is 0.394 e. The number of allylic oxidation sites excluding steroid dienone is 6. The lowest BCUT2D eigenvalue weighted by Gasteiger charge is -2.27. The van der Waals surface area contributed by atoms with Gasteiger partial charge in [0, 0.05) is 0 Å². The molecule has 4 unspecified atom stereocenters. The van der Waals surface area contributed by atoms with E-state index in [0.717, 1.165) is 51.4 Å². The van der Waals surface area contributed by atoms with Gasteiger partial charge in [0.05, 0.1) is 18.8 Å². The molecule has 6 nitrogen and oxygen atoms in total. The number of hydrogen-bond acceptors (Lipinski definition) is 5. The van der Waals surface area contributed by atoms with Crippen molar-refractivity contribution in [2.75, 3.05) is 6.61 Å². The minimum atomic E-state index is -1.29. The molecule has 240 valence electrons. The van der Waals surface area contributed by atoms with Gasteiger partial charge in [-0.25, -0.2) is 0 Å². The maximum Gasteiger partial charge on any atom is 0.249 e. The molecule has 0 radical (unpaired) electrons. The number of aliphatic hydroxyl groups is 4. The first-order valence-corrected chi connectivity index (χ1v) is 16.9. The lowest BCUT2D eigenvalue weighted by Crippen LogP contribution is -2.53. The van der Waals surface area contributed by atoms with Crippen LogP contribution in [0.15, 0.2) is 36.5 Å². The smallest absolute Gasteiger partial charge is 0.249 e. The minimum Gasteiger partial charge on any atom is -0.394 e. The van der Waals surface area contributed by atoms with Crippen molar-refractivity contribution in [3.63, 3.8) is 0 Å². The topological polar surface area (TPSA) is 110 Å². The summed E-state index contributed by atoms with van der Waals surface area (Å²) in [5.74, 6) is -0.605. The number of aliphatic hydroxyl groups excluding tert-OH is 4. The molecule has 0 fully saturated rings. The van der Waals surface area contributed by atoms with Crippen molar-refractivity contribution in [2.45, 2.75) is 173 Å². The molecule has 0 heterocycles. The van der Waals surface area contributed by atoms with Crippen molar-refractivity contribution in [1.82, 2.24) is 5.32 Å². The van der Waals surface area contributed by atoms with Crippen molar-refractivity contribution in [3.05, 3.63) is 36.5 Å². The monoisotopic (exact) mass is 579 g/mol. The van der Waals surface area contributed by atoms with Crippen LogP contribution in [0.4, 0.5) is 0 Å². The first-order valence-electron chi connectivity index (χ1n) is 16.9. The number of amides is 1. The molecule has 0 rings (SSSR count). The molecule has 41 heavy (non-hydrogen) atoms. The van der Waals surface area contributed by atoms with Crippen LogP contribution in [0.3, 0.4) is 0 Å². The number of carbonyl (C=O) groups is 1. The van der Waals surface area contributed by atoms with Crippen LogP contribution in [-0.2, 0) is 4.79 Å². The molecule has 4 atom stereocenters. The zero-order valence-corrected chi connectivity index (χ0v) is 26.5. The van der Waals surface area contributed by atoms with Gasteiger partial charge in [-0.1, -0.05) is 127 Å². The molecular weight excluding hydrogens is 514 g/mol. The summed E-state index contributed by atoms with van der Waals surface area (Å²) >= 11 is 0. The van der Waals surface area contributed by atoms with Crippen LogP contribution in [0.5, 0.6) is 0 Å². The standard InChI is InChI=1S/C35H65NO5/c1-3-5-7-9-11-13-15-16-17-18-19-21-22-24-26-28-32(38)34(40)31(30-37)36-35(41)33(39)29-27-25-23-20-14-12-10-8-6-4-2/h9,11,16-17,21-22,31-34,37-40H,3-8,10,12-15,18-20,23-30H2,1-2H3,(H,36,41)/b11-9+,17-16+,22-21+. The van der Waals surface area contributed by atoms with Gasteiger partial charge in [-0.15, -0.1) is 0 Å². The fourth-order valence-corrected chi connectivity index (χ4v) is 4.77. The Balaban J connectivity index is 3.97. The Bertz CT molecular complexity index is 663. The minimum absolute atomic E-state index is 0.359. The number of carbonyl (C=O) groups excluding carboxylic acids is 1. The van der Waals surface area contributed by atoms with E-state index < -0.39 is 36.9 Å². The normalized spacial score (nSPS) is 15.2. The second kappa shape index (κ2) is 30.0. The number of hydrogen-bond donors (Lipinski definition) is 5. The number of nitrogens with one attached hydrogen (secondary N) is 1. The Morgan fingerprint density at radius 2 is 1.02 bits per heavy atom.